The van der Waals surface area contributed by atoms with Crippen LogP contribution >= 0.6 is 0 Å². The normalized spacial score (nSPS) is 11.1. The van der Waals surface area contributed by atoms with E-state index in [-0.39, 0.29) is 0 Å². The summed E-state index contributed by atoms with van der Waals surface area (Å²) in [5.74, 6) is -1.53. The van der Waals surface area contributed by atoms with Crippen LogP contribution in [-0.2, 0) is 19.6 Å². The molecule has 0 aliphatic carbocycles. The number of sulfonamides is 1. The van der Waals surface area contributed by atoms with Gasteiger partial charge >= 0.3 is 5.97 Å². The third-order valence-electron chi connectivity index (χ3n) is 2.35. The number of benzene rings is 1. The van der Waals surface area contributed by atoms with E-state index in [1.807, 2.05) is 0 Å². The van der Waals surface area contributed by atoms with Crippen LogP contribution in [0.1, 0.15) is 11.1 Å². The monoisotopic (exact) mass is 272 g/mol. The van der Waals surface area contributed by atoms with Crippen molar-refractivity contribution in [3.05, 3.63) is 23.3 Å². The molecule has 0 unspecified atom stereocenters. The summed E-state index contributed by atoms with van der Waals surface area (Å²) >= 11 is 0. The molecule has 1 rings (SSSR count). The fraction of sp³-hybridized carbons (Fsp3) is 0.364. The van der Waals surface area contributed by atoms with E-state index in [1.54, 1.807) is 26.0 Å². The lowest BCUT2D eigenvalue weighted by atomic mass is 10.1. The lowest BCUT2D eigenvalue weighted by molar-refractivity contribution is -0.137. The zero-order valence-corrected chi connectivity index (χ0v) is 11.3. The molecule has 0 spiro atoms. The minimum atomic E-state index is -3.77. The second-order valence-electron chi connectivity index (χ2n) is 3.97. The summed E-state index contributed by atoms with van der Waals surface area (Å²) in [4.78, 5) is 11.0. The Morgan fingerprint density at radius 1 is 1.33 bits per heavy atom. The first-order valence-electron chi connectivity index (χ1n) is 5.19. The van der Waals surface area contributed by atoms with Gasteiger partial charge in [0.2, 0.25) is 10.0 Å². The van der Waals surface area contributed by atoms with Gasteiger partial charge in [-0.15, -0.1) is 0 Å². The van der Waals surface area contributed by atoms with Gasteiger partial charge in [0.05, 0.1) is 12.8 Å². The molecule has 0 heterocycles. The quantitative estimate of drug-likeness (QED) is 0.624. The molecule has 0 fully saturated rings. The number of hydrogen-bond acceptors (Lipinski definition) is 5. The molecule has 7 heteroatoms. The Labute approximate surface area is 106 Å². The number of anilines is 2. The summed E-state index contributed by atoms with van der Waals surface area (Å²) < 4.78 is 30.1. The SMILES string of the molecule is COC(=O)CS(=O)(=O)Nc1c(C)cc(N)cc1C. The van der Waals surface area contributed by atoms with Crippen LogP contribution in [0.4, 0.5) is 11.4 Å². The van der Waals surface area contributed by atoms with Crippen LogP contribution < -0.4 is 10.5 Å². The Bertz CT molecular complexity index is 543. The molecular formula is C11H16N2O4S. The molecule has 0 bridgehead atoms. The average Bonchev–Trinajstić information content (AvgIpc) is 2.22. The summed E-state index contributed by atoms with van der Waals surface area (Å²) in [6.07, 6.45) is 0. The first-order valence-corrected chi connectivity index (χ1v) is 6.84. The standard InChI is InChI=1S/C11H16N2O4S/c1-7-4-9(12)5-8(2)11(7)13-18(15,16)6-10(14)17-3/h4-5,13H,6,12H2,1-3H3. The van der Waals surface area contributed by atoms with Crippen molar-refractivity contribution in [3.63, 3.8) is 0 Å². The molecule has 18 heavy (non-hydrogen) atoms. The summed E-state index contributed by atoms with van der Waals surface area (Å²) in [6.45, 7) is 3.47. The number of nitrogens with one attached hydrogen (secondary N) is 1. The van der Waals surface area contributed by atoms with E-state index in [0.29, 0.717) is 22.5 Å². The van der Waals surface area contributed by atoms with Crippen molar-refractivity contribution in [3.8, 4) is 0 Å². The molecule has 0 saturated carbocycles. The highest BCUT2D eigenvalue weighted by Gasteiger charge is 2.18. The largest absolute Gasteiger partial charge is 0.468 e. The van der Waals surface area contributed by atoms with E-state index in [1.165, 1.54) is 0 Å². The van der Waals surface area contributed by atoms with E-state index >= 15 is 0 Å². The van der Waals surface area contributed by atoms with E-state index in [0.717, 1.165) is 7.11 Å². The van der Waals surface area contributed by atoms with Crippen LogP contribution in [0.3, 0.4) is 0 Å². The van der Waals surface area contributed by atoms with Crippen molar-refractivity contribution in [2.75, 3.05) is 23.3 Å². The van der Waals surface area contributed by atoms with Gasteiger partial charge in [-0.1, -0.05) is 0 Å². The van der Waals surface area contributed by atoms with Gasteiger partial charge in [0.25, 0.3) is 0 Å². The molecule has 100 valence electrons. The summed E-state index contributed by atoms with van der Waals surface area (Å²) in [5, 5.41) is 0. The molecule has 0 saturated heterocycles. The van der Waals surface area contributed by atoms with Gasteiger partial charge in [0.1, 0.15) is 0 Å². The van der Waals surface area contributed by atoms with Crippen LogP contribution in [-0.4, -0.2) is 27.2 Å². The van der Waals surface area contributed by atoms with Crippen molar-refractivity contribution in [1.82, 2.24) is 0 Å². The van der Waals surface area contributed by atoms with Gasteiger partial charge in [-0.05, 0) is 37.1 Å². The average molecular weight is 272 g/mol. The fourth-order valence-electron chi connectivity index (χ4n) is 1.56. The minimum absolute atomic E-state index is 0.438. The van der Waals surface area contributed by atoms with Gasteiger partial charge in [-0.2, -0.15) is 0 Å². The number of nitrogen functional groups attached to an aromatic ring is 1. The highest BCUT2D eigenvalue weighted by molar-refractivity contribution is 7.93. The van der Waals surface area contributed by atoms with E-state index < -0.39 is 21.7 Å². The van der Waals surface area contributed by atoms with Crippen LogP contribution in [0.2, 0.25) is 0 Å². The molecule has 0 radical (unpaired) electrons. The second-order valence-corrected chi connectivity index (χ2v) is 5.69. The van der Waals surface area contributed by atoms with Gasteiger partial charge in [0.15, 0.2) is 5.75 Å². The number of ether oxygens (including phenoxy) is 1. The minimum Gasteiger partial charge on any atom is -0.468 e. The predicted molar refractivity (Wildman–Crippen MR) is 69.8 cm³/mol. The molecule has 0 aromatic heterocycles. The number of carbonyl (C=O) groups is 1. The maximum absolute atomic E-state index is 11.7. The number of carbonyl (C=O) groups excluding carboxylic acids is 1. The summed E-state index contributed by atoms with van der Waals surface area (Å²) in [7, 11) is -2.63. The number of methoxy groups -OCH3 is 1. The Morgan fingerprint density at radius 2 is 1.83 bits per heavy atom. The van der Waals surface area contributed by atoms with E-state index in [4.69, 9.17) is 5.73 Å². The highest BCUT2D eigenvalue weighted by atomic mass is 32.2. The molecule has 3 N–H and O–H groups in total. The van der Waals surface area contributed by atoms with E-state index in [2.05, 4.69) is 9.46 Å². The Balaban J connectivity index is 3.01. The van der Waals surface area contributed by atoms with Gasteiger partial charge in [0, 0.05) is 5.69 Å². The zero-order valence-electron chi connectivity index (χ0n) is 10.5. The first-order chi connectivity index (χ1) is 8.25. The third kappa shape index (κ3) is 3.63. The highest BCUT2D eigenvalue weighted by Crippen LogP contribution is 2.24. The van der Waals surface area contributed by atoms with Crippen molar-refractivity contribution in [2.45, 2.75) is 13.8 Å². The molecule has 0 aliphatic heterocycles. The molecule has 0 atom stereocenters. The number of esters is 1. The molecule has 1 aromatic carbocycles. The van der Waals surface area contributed by atoms with E-state index in [9.17, 15) is 13.2 Å². The molecule has 0 aliphatic rings. The summed E-state index contributed by atoms with van der Waals surface area (Å²) in [5.41, 5.74) is 8.03. The maximum atomic E-state index is 11.7. The second kappa shape index (κ2) is 5.26. The smallest absolute Gasteiger partial charge is 0.322 e. The predicted octanol–water partition coefficient (Wildman–Crippen LogP) is 0.800. The summed E-state index contributed by atoms with van der Waals surface area (Å²) in [6, 6.07) is 3.31. The number of nitrogens with two attached hydrogens (primary N) is 1. The first kappa shape index (κ1) is 14.3. The Hall–Kier alpha value is -1.76. The molecular weight excluding hydrogens is 256 g/mol. The number of rotatable bonds is 4. The zero-order chi connectivity index (χ0) is 13.9. The topological polar surface area (TPSA) is 98.5 Å². The van der Waals surface area contributed by atoms with Gasteiger partial charge in [-0.3, -0.25) is 9.52 Å². The fourth-order valence-corrected chi connectivity index (χ4v) is 2.70. The van der Waals surface area contributed by atoms with Gasteiger partial charge in [-0.25, -0.2) is 8.42 Å². The van der Waals surface area contributed by atoms with Crippen molar-refractivity contribution >= 4 is 27.4 Å². The van der Waals surface area contributed by atoms with Crippen LogP contribution in [0.15, 0.2) is 12.1 Å². The maximum Gasteiger partial charge on any atom is 0.322 e. The van der Waals surface area contributed by atoms with Crippen LogP contribution in [0, 0.1) is 13.8 Å². The van der Waals surface area contributed by atoms with Crippen LogP contribution in [0.5, 0.6) is 0 Å². The van der Waals surface area contributed by atoms with Crippen molar-refractivity contribution < 1.29 is 17.9 Å². The molecule has 0 amide bonds. The number of hydrogen-bond donors (Lipinski definition) is 2. The molecule has 6 nitrogen and oxygen atoms in total. The number of aryl methyl sites for hydroxylation is 2. The van der Waals surface area contributed by atoms with Crippen LogP contribution in [0.25, 0.3) is 0 Å². The van der Waals surface area contributed by atoms with Crippen molar-refractivity contribution in [1.29, 1.82) is 0 Å². The Kier molecular flexibility index (Phi) is 4.18. The third-order valence-corrected chi connectivity index (χ3v) is 3.48. The Morgan fingerprint density at radius 3 is 2.28 bits per heavy atom. The molecule has 1 aromatic rings. The lowest BCUT2D eigenvalue weighted by Crippen LogP contribution is -2.24. The lowest BCUT2D eigenvalue weighted by Gasteiger charge is -2.13. The van der Waals surface area contributed by atoms with Crippen molar-refractivity contribution in [2.24, 2.45) is 0 Å². The van der Waals surface area contributed by atoms with Gasteiger partial charge < -0.3 is 10.5 Å².